The first-order valence-corrected chi connectivity index (χ1v) is 7.54. The van der Waals surface area contributed by atoms with Crippen molar-refractivity contribution in [3.05, 3.63) is 47.8 Å². The highest BCUT2D eigenvalue weighted by Crippen LogP contribution is 2.19. The van der Waals surface area contributed by atoms with E-state index >= 15 is 0 Å². The average molecular weight is 325 g/mol. The Kier molecular flexibility index (Phi) is 4.33. The van der Waals surface area contributed by atoms with Crippen molar-refractivity contribution in [3.8, 4) is 5.75 Å². The second-order valence-corrected chi connectivity index (χ2v) is 5.46. The standard InChI is InChI=1S/C17H19N5O2/c1-11-15-8-13(10-18-16(15)22(2)21-11)20-17(23)19-9-12-4-6-14(24-3)7-5-12/h4-8,10H,9H2,1-3H3,(H2,19,20,23). The lowest BCUT2D eigenvalue weighted by atomic mass is 10.2. The topological polar surface area (TPSA) is 81.1 Å². The third-order valence-corrected chi connectivity index (χ3v) is 3.73. The molecule has 0 saturated carbocycles. The van der Waals surface area contributed by atoms with Crippen LogP contribution in [0.2, 0.25) is 0 Å². The van der Waals surface area contributed by atoms with Crippen LogP contribution in [-0.4, -0.2) is 27.9 Å². The first kappa shape index (κ1) is 15.8. The first-order valence-electron chi connectivity index (χ1n) is 7.54. The van der Waals surface area contributed by atoms with Crippen LogP contribution in [0, 0.1) is 6.92 Å². The van der Waals surface area contributed by atoms with E-state index in [1.54, 1.807) is 18.0 Å². The third kappa shape index (κ3) is 3.29. The average Bonchev–Trinajstić information content (AvgIpc) is 2.87. The number of aromatic nitrogens is 3. The molecule has 2 aromatic heterocycles. The predicted octanol–water partition coefficient (Wildman–Crippen LogP) is 2.61. The largest absolute Gasteiger partial charge is 0.497 e. The first-order chi connectivity index (χ1) is 11.6. The highest BCUT2D eigenvalue weighted by molar-refractivity contribution is 5.92. The van der Waals surface area contributed by atoms with E-state index in [9.17, 15) is 4.79 Å². The smallest absolute Gasteiger partial charge is 0.319 e. The highest BCUT2D eigenvalue weighted by Gasteiger charge is 2.08. The molecule has 0 atom stereocenters. The summed E-state index contributed by atoms with van der Waals surface area (Å²) in [6.45, 7) is 2.34. The van der Waals surface area contributed by atoms with Crippen LogP contribution in [0.5, 0.6) is 5.75 Å². The molecule has 7 heteroatoms. The number of carbonyl (C=O) groups is 1. The van der Waals surface area contributed by atoms with Gasteiger partial charge in [-0.25, -0.2) is 9.78 Å². The van der Waals surface area contributed by atoms with Gasteiger partial charge in [0.15, 0.2) is 5.65 Å². The number of aryl methyl sites for hydroxylation is 2. The minimum absolute atomic E-state index is 0.284. The lowest BCUT2D eigenvalue weighted by molar-refractivity contribution is 0.251. The van der Waals surface area contributed by atoms with Crippen molar-refractivity contribution in [3.63, 3.8) is 0 Å². The van der Waals surface area contributed by atoms with Gasteiger partial charge in [0.1, 0.15) is 5.75 Å². The number of rotatable bonds is 4. The molecule has 0 bridgehead atoms. The van der Waals surface area contributed by atoms with Crippen molar-refractivity contribution in [2.45, 2.75) is 13.5 Å². The number of anilines is 1. The second kappa shape index (κ2) is 6.57. The van der Waals surface area contributed by atoms with Crippen LogP contribution in [0.4, 0.5) is 10.5 Å². The quantitative estimate of drug-likeness (QED) is 0.772. The molecular formula is C17H19N5O2. The summed E-state index contributed by atoms with van der Waals surface area (Å²) in [7, 11) is 3.46. The number of benzene rings is 1. The minimum Gasteiger partial charge on any atom is -0.497 e. The molecule has 2 amide bonds. The summed E-state index contributed by atoms with van der Waals surface area (Å²) in [5, 5.41) is 10.8. The summed E-state index contributed by atoms with van der Waals surface area (Å²) in [4.78, 5) is 16.4. The van der Waals surface area contributed by atoms with E-state index in [0.717, 1.165) is 28.0 Å². The molecule has 3 rings (SSSR count). The van der Waals surface area contributed by atoms with Gasteiger partial charge < -0.3 is 15.4 Å². The Morgan fingerprint density at radius 2 is 2.04 bits per heavy atom. The fourth-order valence-electron chi connectivity index (χ4n) is 2.48. The van der Waals surface area contributed by atoms with Gasteiger partial charge in [0.05, 0.1) is 24.7 Å². The SMILES string of the molecule is COc1ccc(CNC(=O)Nc2cnc3c(c2)c(C)nn3C)cc1. The highest BCUT2D eigenvalue weighted by atomic mass is 16.5. The lowest BCUT2D eigenvalue weighted by Gasteiger charge is -2.08. The van der Waals surface area contributed by atoms with Crippen LogP contribution in [0.15, 0.2) is 36.5 Å². The summed E-state index contributed by atoms with van der Waals surface area (Å²) in [6.07, 6.45) is 1.62. The monoisotopic (exact) mass is 325 g/mol. The lowest BCUT2D eigenvalue weighted by Crippen LogP contribution is -2.28. The van der Waals surface area contributed by atoms with Crippen LogP contribution >= 0.6 is 0 Å². The summed E-state index contributed by atoms with van der Waals surface area (Å²) in [5.41, 5.74) is 3.28. The number of nitrogens with one attached hydrogen (secondary N) is 2. The van der Waals surface area contributed by atoms with Gasteiger partial charge in [0.25, 0.3) is 0 Å². The van der Waals surface area contributed by atoms with Crippen LogP contribution in [0.25, 0.3) is 11.0 Å². The maximum absolute atomic E-state index is 12.0. The second-order valence-electron chi connectivity index (χ2n) is 5.46. The number of carbonyl (C=O) groups excluding carboxylic acids is 1. The molecule has 0 aliphatic carbocycles. The van der Waals surface area contributed by atoms with Crippen molar-refractivity contribution < 1.29 is 9.53 Å². The van der Waals surface area contributed by atoms with E-state index in [0.29, 0.717) is 12.2 Å². The number of fused-ring (bicyclic) bond motifs is 1. The van der Waals surface area contributed by atoms with Gasteiger partial charge in [0, 0.05) is 19.0 Å². The zero-order chi connectivity index (χ0) is 17.1. The Labute approximate surface area is 139 Å². The zero-order valence-corrected chi connectivity index (χ0v) is 13.8. The van der Waals surface area contributed by atoms with Crippen LogP contribution in [0.3, 0.4) is 0 Å². The molecule has 0 spiro atoms. The molecule has 3 aromatic rings. The Bertz CT molecular complexity index is 871. The van der Waals surface area contributed by atoms with Gasteiger partial charge in [-0.1, -0.05) is 12.1 Å². The van der Waals surface area contributed by atoms with Crippen molar-refractivity contribution in [1.29, 1.82) is 0 Å². The van der Waals surface area contributed by atoms with Crippen molar-refractivity contribution in [2.75, 3.05) is 12.4 Å². The maximum Gasteiger partial charge on any atom is 0.319 e. The Hall–Kier alpha value is -3.09. The third-order valence-electron chi connectivity index (χ3n) is 3.73. The number of ether oxygens (including phenoxy) is 1. The molecule has 1 aromatic carbocycles. The molecular weight excluding hydrogens is 306 g/mol. The van der Waals surface area contributed by atoms with Gasteiger partial charge in [-0.2, -0.15) is 5.10 Å². The normalized spacial score (nSPS) is 10.6. The van der Waals surface area contributed by atoms with Crippen LogP contribution in [-0.2, 0) is 13.6 Å². The van der Waals surface area contributed by atoms with Gasteiger partial charge in [0.2, 0.25) is 0 Å². The van der Waals surface area contributed by atoms with Gasteiger partial charge in [-0.15, -0.1) is 0 Å². The predicted molar refractivity (Wildman–Crippen MR) is 92.1 cm³/mol. The number of methoxy groups -OCH3 is 1. The number of pyridine rings is 1. The van der Waals surface area contributed by atoms with E-state index in [1.165, 1.54) is 0 Å². The Morgan fingerprint density at radius 3 is 2.75 bits per heavy atom. The van der Waals surface area contributed by atoms with E-state index in [-0.39, 0.29) is 6.03 Å². The van der Waals surface area contributed by atoms with E-state index in [1.807, 2.05) is 44.3 Å². The fourth-order valence-corrected chi connectivity index (χ4v) is 2.48. The number of urea groups is 1. The van der Waals surface area contributed by atoms with E-state index in [4.69, 9.17) is 4.74 Å². The van der Waals surface area contributed by atoms with Gasteiger partial charge >= 0.3 is 6.03 Å². The summed E-state index contributed by atoms with van der Waals surface area (Å²) >= 11 is 0. The number of hydrogen-bond acceptors (Lipinski definition) is 4. The van der Waals surface area contributed by atoms with E-state index < -0.39 is 0 Å². The molecule has 0 radical (unpaired) electrons. The van der Waals surface area contributed by atoms with Crippen molar-refractivity contribution in [2.24, 2.45) is 7.05 Å². The van der Waals surface area contributed by atoms with E-state index in [2.05, 4.69) is 20.7 Å². The molecule has 24 heavy (non-hydrogen) atoms. The molecule has 2 N–H and O–H groups in total. The molecule has 0 saturated heterocycles. The molecule has 124 valence electrons. The Morgan fingerprint density at radius 1 is 1.29 bits per heavy atom. The van der Waals surface area contributed by atoms with Crippen LogP contribution in [0.1, 0.15) is 11.3 Å². The van der Waals surface area contributed by atoms with Gasteiger partial charge in [-0.05, 0) is 30.7 Å². The Balaban J connectivity index is 1.62. The van der Waals surface area contributed by atoms with Crippen molar-refractivity contribution in [1.82, 2.24) is 20.1 Å². The molecule has 0 aliphatic rings. The fraction of sp³-hybridized carbons (Fsp3) is 0.235. The minimum atomic E-state index is -0.284. The zero-order valence-electron chi connectivity index (χ0n) is 13.8. The number of amides is 2. The molecule has 7 nitrogen and oxygen atoms in total. The molecule has 0 fully saturated rings. The van der Waals surface area contributed by atoms with Crippen molar-refractivity contribution >= 4 is 22.8 Å². The maximum atomic E-state index is 12.0. The van der Waals surface area contributed by atoms with Gasteiger partial charge in [-0.3, -0.25) is 4.68 Å². The number of nitrogens with zero attached hydrogens (tertiary/aromatic N) is 3. The molecule has 0 unspecified atom stereocenters. The van der Waals surface area contributed by atoms with Crippen LogP contribution < -0.4 is 15.4 Å². The molecule has 0 aliphatic heterocycles. The summed E-state index contributed by atoms with van der Waals surface area (Å²) in [5.74, 6) is 0.786. The molecule has 2 heterocycles. The summed E-state index contributed by atoms with van der Waals surface area (Å²) < 4.78 is 6.83. The number of hydrogen-bond donors (Lipinski definition) is 2. The summed E-state index contributed by atoms with van der Waals surface area (Å²) in [6, 6.07) is 9.12.